The van der Waals surface area contributed by atoms with Crippen molar-refractivity contribution in [3.63, 3.8) is 0 Å². The molecule has 0 atom stereocenters. The number of hydrogen-bond acceptors (Lipinski definition) is 2. The molecular formula is C14H6Cl3F3O3. The van der Waals surface area contributed by atoms with Crippen molar-refractivity contribution in [2.45, 2.75) is 6.18 Å². The van der Waals surface area contributed by atoms with Crippen LogP contribution in [0.5, 0.6) is 11.5 Å². The van der Waals surface area contributed by atoms with Gasteiger partial charge in [0.15, 0.2) is 5.75 Å². The molecule has 0 aliphatic rings. The molecule has 0 aliphatic carbocycles. The van der Waals surface area contributed by atoms with Gasteiger partial charge in [-0.05, 0) is 30.3 Å². The predicted molar refractivity (Wildman–Crippen MR) is 79.9 cm³/mol. The minimum atomic E-state index is -4.61. The summed E-state index contributed by atoms with van der Waals surface area (Å²) >= 11 is 17.3. The smallest absolute Gasteiger partial charge is 0.416 e. The standard InChI is InChI=1S/C14H6Cl3F3O3/c15-9-2-1-7(5-8(9)13(21)22)23-12-10(16)3-6(4-11(12)17)14(18,19)20/h1-5H,(H,21,22). The van der Waals surface area contributed by atoms with Gasteiger partial charge in [0.25, 0.3) is 0 Å². The highest BCUT2D eigenvalue weighted by molar-refractivity contribution is 6.37. The third-order valence-corrected chi connectivity index (χ3v) is 3.60. The molecule has 0 aliphatic heterocycles. The first kappa shape index (κ1) is 17.7. The van der Waals surface area contributed by atoms with Gasteiger partial charge in [-0.3, -0.25) is 0 Å². The Hall–Kier alpha value is -1.63. The molecule has 0 spiro atoms. The lowest BCUT2D eigenvalue weighted by molar-refractivity contribution is -0.137. The first-order chi connectivity index (χ1) is 10.6. The van der Waals surface area contributed by atoms with Gasteiger partial charge < -0.3 is 9.84 Å². The molecule has 0 aromatic heterocycles. The molecule has 0 fully saturated rings. The average molecular weight is 386 g/mol. The maximum absolute atomic E-state index is 12.7. The highest BCUT2D eigenvalue weighted by Crippen LogP contribution is 2.42. The number of halogens is 6. The fourth-order valence-corrected chi connectivity index (χ4v) is 2.43. The van der Waals surface area contributed by atoms with Crippen molar-refractivity contribution in [1.29, 1.82) is 0 Å². The zero-order valence-electron chi connectivity index (χ0n) is 10.9. The molecule has 2 aromatic rings. The minimum Gasteiger partial charge on any atom is -0.478 e. The van der Waals surface area contributed by atoms with Gasteiger partial charge in [0.1, 0.15) is 5.75 Å². The monoisotopic (exact) mass is 384 g/mol. The van der Waals surface area contributed by atoms with Gasteiger partial charge in [-0.2, -0.15) is 13.2 Å². The van der Waals surface area contributed by atoms with E-state index in [1.54, 1.807) is 0 Å². The maximum Gasteiger partial charge on any atom is 0.416 e. The zero-order valence-corrected chi connectivity index (χ0v) is 13.2. The van der Waals surface area contributed by atoms with Crippen LogP contribution in [-0.4, -0.2) is 11.1 Å². The molecule has 23 heavy (non-hydrogen) atoms. The van der Waals surface area contributed by atoms with Gasteiger partial charge in [-0.25, -0.2) is 4.79 Å². The van der Waals surface area contributed by atoms with Crippen LogP contribution in [0.3, 0.4) is 0 Å². The SMILES string of the molecule is O=C(O)c1cc(Oc2c(Cl)cc(C(F)(F)F)cc2Cl)ccc1Cl. The number of hydrogen-bond donors (Lipinski definition) is 1. The summed E-state index contributed by atoms with van der Waals surface area (Å²) in [5.74, 6) is -1.50. The van der Waals surface area contributed by atoms with E-state index in [1.807, 2.05) is 0 Å². The van der Waals surface area contributed by atoms with Gasteiger partial charge in [-0.1, -0.05) is 34.8 Å². The van der Waals surface area contributed by atoms with Crippen molar-refractivity contribution in [2.24, 2.45) is 0 Å². The molecular weight excluding hydrogens is 380 g/mol. The van der Waals surface area contributed by atoms with Crippen molar-refractivity contribution >= 4 is 40.8 Å². The molecule has 122 valence electrons. The van der Waals surface area contributed by atoms with Crippen LogP contribution in [0.1, 0.15) is 15.9 Å². The second-order valence-electron chi connectivity index (χ2n) is 4.32. The van der Waals surface area contributed by atoms with E-state index in [2.05, 4.69) is 0 Å². The third kappa shape index (κ3) is 4.02. The molecule has 0 amide bonds. The Balaban J connectivity index is 2.42. The Morgan fingerprint density at radius 3 is 2.04 bits per heavy atom. The van der Waals surface area contributed by atoms with Crippen molar-refractivity contribution in [1.82, 2.24) is 0 Å². The average Bonchev–Trinajstić information content (AvgIpc) is 2.43. The Morgan fingerprint density at radius 2 is 1.57 bits per heavy atom. The van der Waals surface area contributed by atoms with Gasteiger partial charge >= 0.3 is 12.1 Å². The molecule has 3 nitrogen and oxygen atoms in total. The molecule has 9 heteroatoms. The van der Waals surface area contributed by atoms with Gasteiger partial charge in [-0.15, -0.1) is 0 Å². The fourth-order valence-electron chi connectivity index (χ4n) is 1.67. The molecule has 0 heterocycles. The topological polar surface area (TPSA) is 46.5 Å². The summed E-state index contributed by atoms with van der Waals surface area (Å²) < 4.78 is 43.3. The van der Waals surface area contributed by atoms with E-state index in [0.29, 0.717) is 12.1 Å². The van der Waals surface area contributed by atoms with Crippen molar-refractivity contribution < 1.29 is 27.8 Å². The number of carboxylic acid groups (broad SMARTS) is 1. The summed E-state index contributed by atoms with van der Waals surface area (Å²) in [6.45, 7) is 0. The largest absolute Gasteiger partial charge is 0.478 e. The zero-order chi connectivity index (χ0) is 17.4. The molecule has 1 N–H and O–H groups in total. The summed E-state index contributed by atoms with van der Waals surface area (Å²) in [4.78, 5) is 11.0. The lowest BCUT2D eigenvalue weighted by Gasteiger charge is -2.13. The van der Waals surface area contributed by atoms with Crippen LogP contribution in [0, 0.1) is 0 Å². The third-order valence-electron chi connectivity index (χ3n) is 2.71. The van der Waals surface area contributed by atoms with Crippen LogP contribution >= 0.6 is 34.8 Å². The van der Waals surface area contributed by atoms with E-state index in [-0.39, 0.29) is 32.1 Å². The van der Waals surface area contributed by atoms with E-state index in [9.17, 15) is 18.0 Å². The molecule has 0 unspecified atom stereocenters. The summed E-state index contributed by atoms with van der Waals surface area (Å²) in [7, 11) is 0. The molecule has 0 radical (unpaired) electrons. The van der Waals surface area contributed by atoms with Gasteiger partial charge in [0.05, 0.1) is 26.2 Å². The Bertz CT molecular complexity index is 753. The van der Waals surface area contributed by atoms with Crippen LogP contribution in [0.2, 0.25) is 15.1 Å². The summed E-state index contributed by atoms with van der Waals surface area (Å²) in [6.07, 6.45) is -4.61. The normalized spacial score (nSPS) is 11.4. The highest BCUT2D eigenvalue weighted by atomic mass is 35.5. The second kappa shape index (κ2) is 6.47. The Kier molecular flexibility index (Phi) is 4.98. The van der Waals surface area contributed by atoms with E-state index < -0.39 is 17.7 Å². The Labute approximate surface area is 143 Å². The van der Waals surface area contributed by atoms with Crippen LogP contribution in [0.25, 0.3) is 0 Å². The van der Waals surface area contributed by atoms with Gasteiger partial charge in [0.2, 0.25) is 0 Å². The first-order valence-corrected chi connectivity index (χ1v) is 7.00. The number of carboxylic acids is 1. The van der Waals surface area contributed by atoms with Crippen LogP contribution in [0.15, 0.2) is 30.3 Å². The highest BCUT2D eigenvalue weighted by Gasteiger charge is 2.32. The first-order valence-electron chi connectivity index (χ1n) is 5.86. The fraction of sp³-hybridized carbons (Fsp3) is 0.0714. The second-order valence-corrected chi connectivity index (χ2v) is 5.54. The molecule has 0 bridgehead atoms. The van der Waals surface area contributed by atoms with Crippen LogP contribution < -0.4 is 4.74 Å². The predicted octanol–water partition coefficient (Wildman–Crippen LogP) is 6.16. The summed E-state index contributed by atoms with van der Waals surface area (Å²) in [5.41, 5.74) is -1.26. The van der Waals surface area contributed by atoms with Crippen molar-refractivity contribution in [2.75, 3.05) is 0 Å². The quantitative estimate of drug-likeness (QED) is 0.688. The van der Waals surface area contributed by atoms with E-state index in [4.69, 9.17) is 44.6 Å². The maximum atomic E-state index is 12.7. The van der Waals surface area contributed by atoms with Gasteiger partial charge in [0, 0.05) is 0 Å². The number of ether oxygens (including phenoxy) is 1. The lowest BCUT2D eigenvalue weighted by atomic mass is 10.2. The molecule has 0 saturated heterocycles. The van der Waals surface area contributed by atoms with E-state index in [0.717, 1.165) is 6.07 Å². The van der Waals surface area contributed by atoms with E-state index >= 15 is 0 Å². The lowest BCUT2D eigenvalue weighted by Crippen LogP contribution is -2.05. The van der Waals surface area contributed by atoms with Crippen molar-refractivity contribution in [3.05, 3.63) is 56.5 Å². The minimum absolute atomic E-state index is 0.00959. The number of rotatable bonds is 3. The van der Waals surface area contributed by atoms with Crippen molar-refractivity contribution in [3.8, 4) is 11.5 Å². The number of carbonyl (C=O) groups is 1. The van der Waals surface area contributed by atoms with Crippen LogP contribution in [-0.2, 0) is 6.18 Å². The summed E-state index contributed by atoms with van der Waals surface area (Å²) in [6, 6.07) is 5.04. The van der Waals surface area contributed by atoms with E-state index in [1.165, 1.54) is 12.1 Å². The summed E-state index contributed by atoms with van der Waals surface area (Å²) in [5, 5.41) is 8.23. The molecule has 2 rings (SSSR count). The number of aromatic carboxylic acids is 1. The Morgan fingerprint density at radius 1 is 1.00 bits per heavy atom. The number of alkyl halides is 3. The molecule has 2 aromatic carbocycles. The number of benzene rings is 2. The van der Waals surface area contributed by atoms with Crippen LogP contribution in [0.4, 0.5) is 13.2 Å². The molecule has 0 saturated carbocycles.